The summed E-state index contributed by atoms with van der Waals surface area (Å²) in [4.78, 5) is 48.3. The number of nitrogens with zero attached hydrogens (tertiary/aromatic N) is 2. The molecule has 0 aliphatic carbocycles. The molecule has 1 saturated heterocycles. The van der Waals surface area contributed by atoms with Gasteiger partial charge in [0, 0.05) is 30.8 Å². The van der Waals surface area contributed by atoms with Gasteiger partial charge < -0.3 is 5.32 Å². The van der Waals surface area contributed by atoms with Gasteiger partial charge in [-0.05, 0) is 48.0 Å². The van der Waals surface area contributed by atoms with E-state index in [2.05, 4.69) is 5.32 Å². The van der Waals surface area contributed by atoms with Crippen molar-refractivity contribution in [2.45, 2.75) is 13.3 Å². The van der Waals surface area contributed by atoms with Gasteiger partial charge in [0.25, 0.3) is 16.8 Å². The molecule has 0 atom stereocenters. The highest BCUT2D eigenvalue weighted by Crippen LogP contribution is 2.32. The van der Waals surface area contributed by atoms with Gasteiger partial charge in [-0.3, -0.25) is 29.4 Å². The Morgan fingerprint density at radius 2 is 1.97 bits per heavy atom. The van der Waals surface area contributed by atoms with Crippen molar-refractivity contribution in [1.29, 1.82) is 0 Å². The van der Waals surface area contributed by atoms with Crippen LogP contribution in [0.4, 0.5) is 16.2 Å². The van der Waals surface area contributed by atoms with Gasteiger partial charge >= 0.3 is 0 Å². The Bertz CT molecular complexity index is 1030. The number of rotatable bonds is 6. The molecule has 29 heavy (non-hydrogen) atoms. The molecule has 8 nitrogen and oxygen atoms in total. The molecular formula is C20H17N3O5S. The molecule has 1 aliphatic heterocycles. The first-order valence-corrected chi connectivity index (χ1v) is 9.51. The topological polar surface area (TPSA) is 110 Å². The van der Waals surface area contributed by atoms with E-state index in [1.54, 1.807) is 12.1 Å². The van der Waals surface area contributed by atoms with Crippen LogP contribution in [0.1, 0.15) is 17.5 Å². The lowest BCUT2D eigenvalue weighted by atomic mass is 10.2. The van der Waals surface area contributed by atoms with E-state index in [0.29, 0.717) is 11.3 Å². The lowest BCUT2D eigenvalue weighted by Gasteiger charge is -2.12. The van der Waals surface area contributed by atoms with Gasteiger partial charge in [-0.15, -0.1) is 0 Å². The van der Waals surface area contributed by atoms with Crippen LogP contribution in [0.3, 0.4) is 0 Å². The number of hydrogen-bond donors (Lipinski definition) is 1. The molecule has 0 spiro atoms. The second-order valence-electron chi connectivity index (χ2n) is 6.35. The number of nitro groups is 1. The van der Waals surface area contributed by atoms with E-state index in [-0.39, 0.29) is 29.5 Å². The summed E-state index contributed by atoms with van der Waals surface area (Å²) < 4.78 is 0. The number of non-ortho nitro benzene ring substituents is 1. The Morgan fingerprint density at radius 1 is 1.21 bits per heavy atom. The number of nitro benzene ring substituents is 1. The number of benzene rings is 2. The van der Waals surface area contributed by atoms with Gasteiger partial charge in [0.05, 0.1) is 9.83 Å². The van der Waals surface area contributed by atoms with Crippen molar-refractivity contribution in [3.8, 4) is 0 Å². The zero-order chi connectivity index (χ0) is 21.0. The SMILES string of the molecule is Cc1cccc(NC(=O)CCN2C(=O)S/C(=C\c3cccc([N+](=O)[O-])c3)C2=O)c1. The van der Waals surface area contributed by atoms with Gasteiger partial charge in [-0.1, -0.05) is 24.3 Å². The number of nitrogens with one attached hydrogen (secondary N) is 1. The number of thioether (sulfide) groups is 1. The summed E-state index contributed by atoms with van der Waals surface area (Å²) in [5, 5.41) is 13.1. The molecule has 1 N–H and O–H groups in total. The Kier molecular flexibility index (Phi) is 6.08. The number of aryl methyl sites for hydroxylation is 1. The van der Waals surface area contributed by atoms with Crippen LogP contribution in [0, 0.1) is 17.0 Å². The fraction of sp³-hybridized carbons (Fsp3) is 0.150. The highest BCUT2D eigenvalue weighted by Gasteiger charge is 2.35. The molecule has 0 aromatic heterocycles. The fourth-order valence-corrected chi connectivity index (χ4v) is 3.60. The maximum absolute atomic E-state index is 12.5. The van der Waals surface area contributed by atoms with Crippen molar-refractivity contribution in [3.05, 3.63) is 74.7 Å². The first-order valence-electron chi connectivity index (χ1n) is 8.70. The molecule has 2 aromatic rings. The third-order valence-corrected chi connectivity index (χ3v) is 5.02. The third kappa shape index (κ3) is 5.08. The van der Waals surface area contributed by atoms with Crippen LogP contribution in [-0.2, 0) is 9.59 Å². The zero-order valence-electron chi connectivity index (χ0n) is 15.5. The molecule has 0 radical (unpaired) electrons. The summed E-state index contributed by atoms with van der Waals surface area (Å²) in [5.41, 5.74) is 1.99. The van der Waals surface area contributed by atoms with E-state index in [0.717, 1.165) is 22.2 Å². The van der Waals surface area contributed by atoms with E-state index in [4.69, 9.17) is 0 Å². The number of anilines is 1. The first kappa shape index (κ1) is 20.3. The van der Waals surface area contributed by atoms with Crippen LogP contribution >= 0.6 is 11.8 Å². The van der Waals surface area contributed by atoms with Gasteiger partial charge in [0.15, 0.2) is 0 Å². The molecule has 3 amide bonds. The number of imide groups is 1. The Hall–Kier alpha value is -3.46. The summed E-state index contributed by atoms with van der Waals surface area (Å²) in [7, 11) is 0. The molecule has 1 aliphatic rings. The second-order valence-corrected chi connectivity index (χ2v) is 7.35. The second kappa shape index (κ2) is 8.70. The predicted octanol–water partition coefficient (Wildman–Crippen LogP) is 3.97. The first-order chi connectivity index (χ1) is 13.8. The van der Waals surface area contributed by atoms with Gasteiger partial charge in [0.1, 0.15) is 0 Å². The van der Waals surface area contributed by atoms with Crippen LogP contribution in [0.25, 0.3) is 6.08 Å². The molecule has 1 fully saturated rings. The molecule has 0 unspecified atom stereocenters. The Labute approximate surface area is 170 Å². The maximum Gasteiger partial charge on any atom is 0.293 e. The molecular weight excluding hydrogens is 394 g/mol. The lowest BCUT2D eigenvalue weighted by molar-refractivity contribution is -0.384. The Morgan fingerprint density at radius 3 is 2.69 bits per heavy atom. The molecule has 1 heterocycles. The molecule has 2 aromatic carbocycles. The summed E-state index contributed by atoms with van der Waals surface area (Å²) in [6.45, 7) is 1.86. The Balaban J connectivity index is 1.64. The van der Waals surface area contributed by atoms with Gasteiger partial charge in [-0.25, -0.2) is 0 Å². The lowest BCUT2D eigenvalue weighted by Crippen LogP contribution is -2.31. The summed E-state index contributed by atoms with van der Waals surface area (Å²) in [5.74, 6) is -0.827. The molecule has 3 rings (SSSR count). The van der Waals surface area contributed by atoms with E-state index in [9.17, 15) is 24.5 Å². The third-order valence-electron chi connectivity index (χ3n) is 4.12. The highest BCUT2D eigenvalue weighted by molar-refractivity contribution is 8.18. The normalized spacial score (nSPS) is 15.1. The minimum absolute atomic E-state index is 0.0317. The minimum Gasteiger partial charge on any atom is -0.326 e. The fourth-order valence-electron chi connectivity index (χ4n) is 2.73. The van der Waals surface area contributed by atoms with Crippen molar-refractivity contribution in [2.24, 2.45) is 0 Å². The smallest absolute Gasteiger partial charge is 0.293 e. The van der Waals surface area contributed by atoms with Crippen molar-refractivity contribution >= 4 is 46.3 Å². The van der Waals surface area contributed by atoms with Crippen LogP contribution < -0.4 is 5.32 Å². The number of carbonyl (C=O) groups excluding carboxylic acids is 3. The van der Waals surface area contributed by atoms with Crippen molar-refractivity contribution in [1.82, 2.24) is 4.90 Å². The quantitative estimate of drug-likeness (QED) is 0.438. The van der Waals surface area contributed by atoms with E-state index in [1.165, 1.54) is 24.3 Å². The minimum atomic E-state index is -0.532. The molecule has 0 saturated carbocycles. The van der Waals surface area contributed by atoms with Gasteiger partial charge in [-0.2, -0.15) is 0 Å². The number of hydrogen-bond acceptors (Lipinski definition) is 6. The molecule has 9 heteroatoms. The zero-order valence-corrected chi connectivity index (χ0v) is 16.3. The predicted molar refractivity (Wildman–Crippen MR) is 110 cm³/mol. The number of amides is 3. The standard InChI is InChI=1S/C20H17N3O5S/c1-13-4-2-6-15(10-13)21-18(24)8-9-22-19(25)17(29-20(22)26)12-14-5-3-7-16(11-14)23(27)28/h2-7,10-12H,8-9H2,1H3,(H,21,24)/b17-12-. The van der Waals surface area contributed by atoms with Crippen molar-refractivity contribution < 1.29 is 19.3 Å². The van der Waals surface area contributed by atoms with Crippen molar-refractivity contribution in [2.75, 3.05) is 11.9 Å². The van der Waals surface area contributed by atoms with E-state index < -0.39 is 16.1 Å². The van der Waals surface area contributed by atoms with Crippen LogP contribution in [0.5, 0.6) is 0 Å². The number of carbonyl (C=O) groups is 3. The maximum atomic E-state index is 12.5. The van der Waals surface area contributed by atoms with Crippen LogP contribution in [0.15, 0.2) is 53.4 Å². The largest absolute Gasteiger partial charge is 0.326 e. The van der Waals surface area contributed by atoms with Gasteiger partial charge in [0.2, 0.25) is 5.91 Å². The van der Waals surface area contributed by atoms with E-state index >= 15 is 0 Å². The summed E-state index contributed by atoms with van der Waals surface area (Å²) in [6.07, 6.45) is 1.40. The van der Waals surface area contributed by atoms with Crippen LogP contribution in [0.2, 0.25) is 0 Å². The molecule has 148 valence electrons. The average Bonchev–Trinajstić information content (AvgIpc) is 2.93. The van der Waals surface area contributed by atoms with E-state index in [1.807, 2.05) is 25.1 Å². The average molecular weight is 411 g/mol. The molecule has 0 bridgehead atoms. The highest BCUT2D eigenvalue weighted by atomic mass is 32.2. The monoisotopic (exact) mass is 411 g/mol. The summed E-state index contributed by atoms with van der Waals surface area (Å²) in [6, 6.07) is 13.1. The van der Waals surface area contributed by atoms with Crippen molar-refractivity contribution in [3.63, 3.8) is 0 Å². The van der Waals surface area contributed by atoms with Crippen LogP contribution in [-0.4, -0.2) is 33.4 Å². The summed E-state index contributed by atoms with van der Waals surface area (Å²) >= 11 is 0.745.